The number of carbonyl (C=O) groups is 1. The van der Waals surface area contributed by atoms with E-state index in [2.05, 4.69) is 20.0 Å². The fraction of sp³-hybridized carbons (Fsp3) is 0.500. The first-order valence-electron chi connectivity index (χ1n) is 6.57. The van der Waals surface area contributed by atoms with Crippen LogP contribution in [0.4, 0.5) is 5.13 Å². The molecule has 1 fully saturated rings. The van der Waals surface area contributed by atoms with Gasteiger partial charge in [0.15, 0.2) is 5.13 Å². The summed E-state index contributed by atoms with van der Waals surface area (Å²) in [4.78, 5) is 24.4. The number of hydrogen-bond donors (Lipinski definition) is 0. The number of thiazole rings is 1. The molecule has 2 aromatic rings. The third-order valence-electron chi connectivity index (χ3n) is 3.34. The van der Waals surface area contributed by atoms with Crippen LogP contribution in [-0.4, -0.2) is 56.7 Å². The molecule has 106 valence electrons. The molecule has 0 N–H and O–H groups in total. The standard InChI is InChI=1S/C12H16N6OS/c19-11(1-3-18-10-13-9-15-18)16-4-6-17(7-5-16)12-14-2-8-20-12/h2,8-10H,1,3-7H2. The Labute approximate surface area is 120 Å². The van der Waals surface area contributed by atoms with E-state index in [0.29, 0.717) is 13.0 Å². The highest BCUT2D eigenvalue weighted by atomic mass is 32.1. The summed E-state index contributed by atoms with van der Waals surface area (Å²) in [6.07, 6.45) is 5.40. The number of aryl methyl sites for hydroxylation is 1. The molecule has 0 aliphatic carbocycles. The SMILES string of the molecule is O=C(CCn1cncn1)N1CCN(c2nccs2)CC1. The van der Waals surface area contributed by atoms with Crippen molar-refractivity contribution in [1.29, 1.82) is 0 Å². The highest BCUT2D eigenvalue weighted by molar-refractivity contribution is 7.13. The molecule has 8 heteroatoms. The van der Waals surface area contributed by atoms with Crippen molar-refractivity contribution >= 4 is 22.4 Å². The van der Waals surface area contributed by atoms with Gasteiger partial charge in [0.05, 0.1) is 6.54 Å². The number of nitrogens with zero attached hydrogens (tertiary/aromatic N) is 6. The zero-order valence-corrected chi connectivity index (χ0v) is 11.9. The zero-order valence-electron chi connectivity index (χ0n) is 11.1. The Morgan fingerprint density at radius 3 is 2.80 bits per heavy atom. The second-order valence-corrected chi connectivity index (χ2v) is 5.46. The van der Waals surface area contributed by atoms with Crippen molar-refractivity contribution in [2.75, 3.05) is 31.1 Å². The molecule has 0 atom stereocenters. The van der Waals surface area contributed by atoms with Crippen LogP contribution in [0.3, 0.4) is 0 Å². The van der Waals surface area contributed by atoms with E-state index in [1.165, 1.54) is 6.33 Å². The third-order valence-corrected chi connectivity index (χ3v) is 4.18. The van der Waals surface area contributed by atoms with Crippen LogP contribution in [0.5, 0.6) is 0 Å². The first-order chi connectivity index (χ1) is 9.83. The summed E-state index contributed by atoms with van der Waals surface area (Å²) < 4.78 is 1.68. The quantitative estimate of drug-likeness (QED) is 0.819. The summed E-state index contributed by atoms with van der Waals surface area (Å²) >= 11 is 1.64. The number of amides is 1. The van der Waals surface area contributed by atoms with Gasteiger partial charge >= 0.3 is 0 Å². The highest BCUT2D eigenvalue weighted by Gasteiger charge is 2.21. The maximum absolute atomic E-state index is 12.1. The molecule has 0 spiro atoms. The van der Waals surface area contributed by atoms with Gasteiger partial charge in [-0.2, -0.15) is 5.10 Å². The van der Waals surface area contributed by atoms with Crippen LogP contribution in [0.2, 0.25) is 0 Å². The lowest BCUT2D eigenvalue weighted by atomic mass is 10.3. The van der Waals surface area contributed by atoms with E-state index in [9.17, 15) is 4.79 Å². The summed E-state index contributed by atoms with van der Waals surface area (Å²) in [5.74, 6) is 0.180. The van der Waals surface area contributed by atoms with Crippen molar-refractivity contribution in [3.8, 4) is 0 Å². The van der Waals surface area contributed by atoms with Crippen LogP contribution in [-0.2, 0) is 11.3 Å². The van der Waals surface area contributed by atoms with Gasteiger partial charge in [0.25, 0.3) is 0 Å². The molecule has 1 amide bonds. The molecular weight excluding hydrogens is 276 g/mol. The Hall–Kier alpha value is -1.96. The fourth-order valence-electron chi connectivity index (χ4n) is 2.24. The van der Waals surface area contributed by atoms with Crippen molar-refractivity contribution in [3.63, 3.8) is 0 Å². The zero-order chi connectivity index (χ0) is 13.8. The minimum atomic E-state index is 0.180. The molecule has 0 saturated carbocycles. The molecule has 1 aliphatic rings. The van der Waals surface area contributed by atoms with E-state index >= 15 is 0 Å². The Balaban J connectivity index is 1.46. The average Bonchev–Trinajstić information content (AvgIpc) is 3.18. The molecular formula is C12H16N6OS. The minimum Gasteiger partial charge on any atom is -0.345 e. The summed E-state index contributed by atoms with van der Waals surface area (Å²) in [5, 5.41) is 7.02. The number of piperazine rings is 1. The monoisotopic (exact) mass is 292 g/mol. The highest BCUT2D eigenvalue weighted by Crippen LogP contribution is 2.19. The summed E-state index contributed by atoms with van der Waals surface area (Å²) in [5.41, 5.74) is 0. The molecule has 3 rings (SSSR count). The lowest BCUT2D eigenvalue weighted by Gasteiger charge is -2.34. The Bertz CT molecular complexity index is 532. The number of carbonyl (C=O) groups excluding carboxylic acids is 1. The van der Waals surface area contributed by atoms with E-state index in [0.717, 1.165) is 31.3 Å². The molecule has 0 radical (unpaired) electrons. The first-order valence-corrected chi connectivity index (χ1v) is 7.45. The van der Waals surface area contributed by atoms with Crippen molar-refractivity contribution in [2.24, 2.45) is 0 Å². The number of aromatic nitrogens is 4. The van der Waals surface area contributed by atoms with E-state index in [1.807, 2.05) is 16.5 Å². The summed E-state index contributed by atoms with van der Waals surface area (Å²) in [7, 11) is 0. The van der Waals surface area contributed by atoms with Gasteiger partial charge in [-0.25, -0.2) is 9.97 Å². The minimum absolute atomic E-state index is 0.180. The lowest BCUT2D eigenvalue weighted by Crippen LogP contribution is -2.48. The van der Waals surface area contributed by atoms with Crippen LogP contribution >= 0.6 is 11.3 Å². The maximum Gasteiger partial charge on any atom is 0.224 e. The molecule has 1 aliphatic heterocycles. The van der Waals surface area contributed by atoms with Crippen molar-refractivity contribution in [1.82, 2.24) is 24.6 Å². The van der Waals surface area contributed by atoms with Crippen molar-refractivity contribution in [3.05, 3.63) is 24.2 Å². The van der Waals surface area contributed by atoms with E-state index in [-0.39, 0.29) is 5.91 Å². The van der Waals surface area contributed by atoms with Gasteiger partial charge in [-0.3, -0.25) is 9.48 Å². The number of rotatable bonds is 4. The van der Waals surface area contributed by atoms with Crippen LogP contribution < -0.4 is 4.90 Å². The Morgan fingerprint density at radius 2 is 2.15 bits per heavy atom. The van der Waals surface area contributed by atoms with Crippen LogP contribution in [0.15, 0.2) is 24.2 Å². The van der Waals surface area contributed by atoms with Gasteiger partial charge in [-0.1, -0.05) is 0 Å². The van der Waals surface area contributed by atoms with E-state index in [1.54, 1.807) is 22.3 Å². The summed E-state index contributed by atoms with van der Waals surface area (Å²) in [6.45, 7) is 3.81. The smallest absolute Gasteiger partial charge is 0.224 e. The summed E-state index contributed by atoms with van der Waals surface area (Å²) in [6, 6.07) is 0. The predicted molar refractivity (Wildman–Crippen MR) is 75.5 cm³/mol. The Morgan fingerprint density at radius 1 is 1.30 bits per heavy atom. The number of anilines is 1. The van der Waals surface area contributed by atoms with E-state index < -0.39 is 0 Å². The molecule has 0 aromatic carbocycles. The molecule has 3 heterocycles. The van der Waals surface area contributed by atoms with Gasteiger partial charge in [0.1, 0.15) is 12.7 Å². The van der Waals surface area contributed by atoms with Gasteiger partial charge in [-0.15, -0.1) is 11.3 Å². The largest absolute Gasteiger partial charge is 0.345 e. The third kappa shape index (κ3) is 2.96. The van der Waals surface area contributed by atoms with Crippen molar-refractivity contribution in [2.45, 2.75) is 13.0 Å². The second-order valence-electron chi connectivity index (χ2n) is 4.59. The predicted octanol–water partition coefficient (Wildman–Crippen LogP) is 0.473. The topological polar surface area (TPSA) is 67.2 Å². The van der Waals surface area contributed by atoms with Gasteiger partial charge in [0.2, 0.25) is 5.91 Å². The average molecular weight is 292 g/mol. The van der Waals surface area contributed by atoms with Gasteiger partial charge in [-0.05, 0) is 0 Å². The molecule has 0 bridgehead atoms. The molecule has 1 saturated heterocycles. The van der Waals surface area contributed by atoms with Gasteiger partial charge < -0.3 is 9.80 Å². The van der Waals surface area contributed by atoms with Gasteiger partial charge in [0, 0.05) is 44.2 Å². The Kier molecular flexibility index (Phi) is 3.91. The molecule has 7 nitrogen and oxygen atoms in total. The fourth-order valence-corrected chi connectivity index (χ4v) is 2.93. The molecule has 2 aromatic heterocycles. The molecule has 20 heavy (non-hydrogen) atoms. The van der Waals surface area contributed by atoms with Crippen LogP contribution in [0.25, 0.3) is 0 Å². The normalized spacial score (nSPS) is 15.6. The second kappa shape index (κ2) is 6.00. The van der Waals surface area contributed by atoms with Crippen molar-refractivity contribution < 1.29 is 4.79 Å². The molecule has 0 unspecified atom stereocenters. The number of hydrogen-bond acceptors (Lipinski definition) is 6. The van der Waals surface area contributed by atoms with E-state index in [4.69, 9.17) is 0 Å². The lowest BCUT2D eigenvalue weighted by molar-refractivity contribution is -0.131. The first kappa shape index (κ1) is 13.0. The maximum atomic E-state index is 12.1. The van der Waals surface area contributed by atoms with Crippen LogP contribution in [0, 0.1) is 0 Å². The van der Waals surface area contributed by atoms with Crippen LogP contribution in [0.1, 0.15) is 6.42 Å².